The zero-order valence-electron chi connectivity index (χ0n) is 9.82. The van der Waals surface area contributed by atoms with Gasteiger partial charge in [-0.1, -0.05) is 12.1 Å². The molecule has 0 saturated carbocycles. The van der Waals surface area contributed by atoms with Crippen LogP contribution in [0, 0.1) is 0 Å². The first-order chi connectivity index (χ1) is 7.49. The van der Waals surface area contributed by atoms with Crippen molar-refractivity contribution in [2.24, 2.45) is 5.73 Å². The van der Waals surface area contributed by atoms with E-state index >= 15 is 0 Å². The van der Waals surface area contributed by atoms with Crippen molar-refractivity contribution >= 4 is 5.97 Å². The normalized spacial score (nSPS) is 11.0. The van der Waals surface area contributed by atoms with Crippen LogP contribution in [0.5, 0.6) is 5.75 Å². The molecule has 0 fully saturated rings. The molecule has 0 amide bonds. The summed E-state index contributed by atoms with van der Waals surface area (Å²) in [5.74, 6) is 0.198. The highest BCUT2D eigenvalue weighted by Gasteiger charge is 2.30. The average molecular weight is 223 g/mol. The number of esters is 1. The van der Waals surface area contributed by atoms with Crippen molar-refractivity contribution in [2.45, 2.75) is 26.0 Å². The number of carbonyl (C=O) groups excluding carboxylic acids is 1. The van der Waals surface area contributed by atoms with Crippen LogP contribution in [0.3, 0.4) is 0 Å². The Balaban J connectivity index is 2.83. The summed E-state index contributed by atoms with van der Waals surface area (Å²) in [4.78, 5) is 11.4. The lowest BCUT2D eigenvalue weighted by molar-refractivity contribution is -0.156. The molecule has 0 unspecified atom stereocenters. The Hall–Kier alpha value is -1.55. The van der Waals surface area contributed by atoms with Crippen LogP contribution in [-0.2, 0) is 16.1 Å². The summed E-state index contributed by atoms with van der Waals surface area (Å²) < 4.78 is 10.2. The van der Waals surface area contributed by atoms with Gasteiger partial charge in [-0.25, -0.2) is 4.79 Å². The standard InChI is InChI=1S/C12H17NO3/c1-12(2,11(14)15-3)16-10-6-4-5-9(7-10)8-13/h4-7H,8,13H2,1-3H3. The van der Waals surface area contributed by atoms with Crippen LogP contribution in [0.2, 0.25) is 0 Å². The molecule has 0 saturated heterocycles. The van der Waals surface area contributed by atoms with E-state index in [1.165, 1.54) is 7.11 Å². The lowest BCUT2D eigenvalue weighted by Crippen LogP contribution is -2.39. The van der Waals surface area contributed by atoms with Crippen molar-refractivity contribution in [2.75, 3.05) is 7.11 Å². The molecule has 0 bridgehead atoms. The predicted molar refractivity (Wildman–Crippen MR) is 61.1 cm³/mol. The Morgan fingerprint density at radius 3 is 2.69 bits per heavy atom. The van der Waals surface area contributed by atoms with Crippen LogP contribution >= 0.6 is 0 Å². The summed E-state index contributed by atoms with van der Waals surface area (Å²) in [6.07, 6.45) is 0. The van der Waals surface area contributed by atoms with E-state index in [9.17, 15) is 4.79 Å². The molecule has 1 aromatic rings. The number of rotatable bonds is 4. The van der Waals surface area contributed by atoms with Crippen LogP contribution in [0.1, 0.15) is 19.4 Å². The third kappa shape index (κ3) is 2.97. The predicted octanol–water partition coefficient (Wildman–Crippen LogP) is 1.48. The third-order valence-electron chi connectivity index (χ3n) is 2.18. The second kappa shape index (κ2) is 4.99. The molecule has 0 aromatic heterocycles. The fraction of sp³-hybridized carbons (Fsp3) is 0.417. The summed E-state index contributed by atoms with van der Waals surface area (Å²) in [5.41, 5.74) is 5.48. The van der Waals surface area contributed by atoms with Gasteiger partial charge in [0.1, 0.15) is 5.75 Å². The molecule has 0 radical (unpaired) electrons. The molecule has 0 aliphatic heterocycles. The number of ether oxygens (including phenoxy) is 2. The summed E-state index contributed by atoms with van der Waals surface area (Å²) in [5, 5.41) is 0. The number of methoxy groups -OCH3 is 1. The van der Waals surface area contributed by atoms with Gasteiger partial charge < -0.3 is 15.2 Å². The molecule has 16 heavy (non-hydrogen) atoms. The zero-order valence-corrected chi connectivity index (χ0v) is 9.82. The maximum Gasteiger partial charge on any atom is 0.349 e. The highest BCUT2D eigenvalue weighted by atomic mass is 16.6. The Kier molecular flexibility index (Phi) is 3.90. The maximum absolute atomic E-state index is 11.4. The second-order valence-electron chi connectivity index (χ2n) is 3.96. The Morgan fingerprint density at radius 1 is 1.44 bits per heavy atom. The van der Waals surface area contributed by atoms with Crippen molar-refractivity contribution in [1.82, 2.24) is 0 Å². The molecule has 0 aliphatic rings. The first kappa shape index (κ1) is 12.5. The van der Waals surface area contributed by atoms with E-state index in [-0.39, 0.29) is 0 Å². The molecule has 2 N–H and O–H groups in total. The first-order valence-electron chi connectivity index (χ1n) is 5.06. The lowest BCUT2D eigenvalue weighted by Gasteiger charge is -2.23. The quantitative estimate of drug-likeness (QED) is 0.785. The smallest absolute Gasteiger partial charge is 0.349 e. The fourth-order valence-corrected chi connectivity index (χ4v) is 1.32. The van der Waals surface area contributed by atoms with E-state index in [2.05, 4.69) is 4.74 Å². The van der Waals surface area contributed by atoms with Gasteiger partial charge in [-0.2, -0.15) is 0 Å². The molecule has 88 valence electrons. The summed E-state index contributed by atoms with van der Waals surface area (Å²) in [7, 11) is 1.34. The minimum absolute atomic E-state index is 0.411. The van der Waals surface area contributed by atoms with Crippen molar-refractivity contribution in [3.8, 4) is 5.75 Å². The molecule has 4 nitrogen and oxygen atoms in total. The summed E-state index contributed by atoms with van der Waals surface area (Å²) >= 11 is 0. The van der Waals surface area contributed by atoms with Gasteiger partial charge in [-0.15, -0.1) is 0 Å². The van der Waals surface area contributed by atoms with Gasteiger partial charge in [0.25, 0.3) is 0 Å². The molecule has 1 aromatic carbocycles. The second-order valence-corrected chi connectivity index (χ2v) is 3.96. The van der Waals surface area contributed by atoms with Crippen molar-refractivity contribution in [3.05, 3.63) is 29.8 Å². The first-order valence-corrected chi connectivity index (χ1v) is 5.06. The van der Waals surface area contributed by atoms with E-state index in [0.717, 1.165) is 5.56 Å². The van der Waals surface area contributed by atoms with Gasteiger partial charge in [-0.05, 0) is 31.5 Å². The average Bonchev–Trinajstić information content (AvgIpc) is 2.27. The molecule has 0 aliphatic carbocycles. The number of hydrogen-bond acceptors (Lipinski definition) is 4. The largest absolute Gasteiger partial charge is 0.476 e. The maximum atomic E-state index is 11.4. The minimum atomic E-state index is -0.998. The van der Waals surface area contributed by atoms with E-state index in [0.29, 0.717) is 12.3 Å². The van der Waals surface area contributed by atoms with Crippen LogP contribution in [-0.4, -0.2) is 18.7 Å². The van der Waals surface area contributed by atoms with Crippen LogP contribution in [0.25, 0.3) is 0 Å². The number of benzene rings is 1. The van der Waals surface area contributed by atoms with E-state index in [1.807, 2.05) is 18.2 Å². The minimum Gasteiger partial charge on any atom is -0.476 e. The van der Waals surface area contributed by atoms with Gasteiger partial charge in [-0.3, -0.25) is 0 Å². The van der Waals surface area contributed by atoms with Gasteiger partial charge >= 0.3 is 5.97 Å². The van der Waals surface area contributed by atoms with Crippen LogP contribution in [0.4, 0.5) is 0 Å². The lowest BCUT2D eigenvalue weighted by atomic mass is 10.1. The van der Waals surface area contributed by atoms with Crippen molar-refractivity contribution in [1.29, 1.82) is 0 Å². The highest BCUT2D eigenvalue weighted by Crippen LogP contribution is 2.20. The zero-order chi connectivity index (χ0) is 12.2. The van der Waals surface area contributed by atoms with Crippen molar-refractivity contribution < 1.29 is 14.3 Å². The number of carbonyl (C=O) groups is 1. The molecule has 0 spiro atoms. The Bertz CT molecular complexity index is 374. The summed E-state index contributed by atoms with van der Waals surface area (Å²) in [6, 6.07) is 7.33. The molecular weight excluding hydrogens is 206 g/mol. The SMILES string of the molecule is COC(=O)C(C)(C)Oc1cccc(CN)c1. The van der Waals surface area contributed by atoms with Gasteiger partial charge in [0.15, 0.2) is 5.60 Å². The number of hydrogen-bond donors (Lipinski definition) is 1. The van der Waals surface area contributed by atoms with E-state index < -0.39 is 11.6 Å². The monoisotopic (exact) mass is 223 g/mol. The molecule has 1 rings (SSSR count). The van der Waals surface area contributed by atoms with Gasteiger partial charge in [0, 0.05) is 6.54 Å². The van der Waals surface area contributed by atoms with E-state index in [4.69, 9.17) is 10.5 Å². The fourth-order valence-electron chi connectivity index (χ4n) is 1.32. The topological polar surface area (TPSA) is 61.5 Å². The van der Waals surface area contributed by atoms with Gasteiger partial charge in [0.2, 0.25) is 0 Å². The highest BCUT2D eigenvalue weighted by molar-refractivity contribution is 5.78. The molecule has 4 heteroatoms. The molecular formula is C12H17NO3. The molecule has 0 atom stereocenters. The van der Waals surface area contributed by atoms with Crippen LogP contribution < -0.4 is 10.5 Å². The van der Waals surface area contributed by atoms with Crippen LogP contribution in [0.15, 0.2) is 24.3 Å². The Morgan fingerprint density at radius 2 is 2.12 bits per heavy atom. The molecule has 0 heterocycles. The van der Waals surface area contributed by atoms with E-state index in [1.54, 1.807) is 19.9 Å². The third-order valence-corrected chi connectivity index (χ3v) is 2.18. The Labute approximate surface area is 95.3 Å². The summed E-state index contributed by atoms with van der Waals surface area (Å²) in [6.45, 7) is 3.76. The number of nitrogens with two attached hydrogens (primary N) is 1. The van der Waals surface area contributed by atoms with Crippen molar-refractivity contribution in [3.63, 3.8) is 0 Å². The van der Waals surface area contributed by atoms with Gasteiger partial charge in [0.05, 0.1) is 7.11 Å².